The molecule has 2 nitrogen and oxygen atoms in total. The first kappa shape index (κ1) is 14.5. The van der Waals surface area contributed by atoms with Gasteiger partial charge in [0.05, 0.1) is 0 Å². The van der Waals surface area contributed by atoms with Crippen LogP contribution in [0.4, 0.5) is 0 Å². The summed E-state index contributed by atoms with van der Waals surface area (Å²) in [5.41, 5.74) is 1.32. The van der Waals surface area contributed by atoms with Crippen molar-refractivity contribution in [2.24, 2.45) is 0 Å². The Balaban J connectivity index is 2.38. The molecule has 1 aliphatic carbocycles. The van der Waals surface area contributed by atoms with Crippen LogP contribution in [0.1, 0.15) is 45.1 Å². The molecule has 0 bridgehead atoms. The van der Waals surface area contributed by atoms with E-state index in [2.05, 4.69) is 30.9 Å². The number of carbonyl (C=O) groups is 1. The quantitative estimate of drug-likeness (QED) is 0.830. The summed E-state index contributed by atoms with van der Waals surface area (Å²) in [5, 5.41) is 0.769. The van der Waals surface area contributed by atoms with E-state index in [1.54, 1.807) is 0 Å². The first-order valence-corrected chi connectivity index (χ1v) is 7.53. The third-order valence-electron chi connectivity index (χ3n) is 4.39. The number of rotatable bonds is 4. The van der Waals surface area contributed by atoms with Crippen molar-refractivity contribution in [2.45, 2.75) is 45.1 Å². The predicted octanol–water partition coefficient (Wildman–Crippen LogP) is 4.02. The lowest BCUT2D eigenvalue weighted by Gasteiger charge is -2.46. The zero-order valence-electron chi connectivity index (χ0n) is 11.8. The summed E-state index contributed by atoms with van der Waals surface area (Å²) in [6.07, 6.45) is 3.24. The summed E-state index contributed by atoms with van der Waals surface area (Å²) < 4.78 is 0. The van der Waals surface area contributed by atoms with E-state index in [4.69, 9.17) is 11.6 Å². The number of nitrogens with zero attached hydrogens (tertiary/aromatic N) is 1. The second-order valence-corrected chi connectivity index (χ2v) is 5.69. The SMILES string of the molecule is CCN(CC)C1(c2ccc(Cl)cc2)CCC(=O)CC1. The Labute approximate surface area is 120 Å². The molecule has 2 rings (SSSR count). The van der Waals surface area contributed by atoms with Crippen LogP contribution in [0.15, 0.2) is 24.3 Å². The molecule has 0 aromatic heterocycles. The van der Waals surface area contributed by atoms with E-state index in [9.17, 15) is 4.79 Å². The highest BCUT2D eigenvalue weighted by Crippen LogP contribution is 2.41. The first-order valence-electron chi connectivity index (χ1n) is 7.15. The molecule has 3 heteroatoms. The first-order chi connectivity index (χ1) is 9.12. The fraction of sp³-hybridized carbons (Fsp3) is 0.562. The number of hydrogen-bond donors (Lipinski definition) is 0. The van der Waals surface area contributed by atoms with Crippen LogP contribution in [-0.2, 0) is 10.3 Å². The van der Waals surface area contributed by atoms with Crippen LogP contribution in [0.5, 0.6) is 0 Å². The molecule has 0 saturated heterocycles. The third kappa shape index (κ3) is 2.85. The minimum atomic E-state index is 0.0159. The van der Waals surface area contributed by atoms with Crippen LogP contribution in [0.3, 0.4) is 0 Å². The van der Waals surface area contributed by atoms with Crippen LogP contribution in [0.2, 0.25) is 5.02 Å². The molecule has 1 aromatic rings. The third-order valence-corrected chi connectivity index (χ3v) is 4.64. The Bertz CT molecular complexity index is 427. The van der Waals surface area contributed by atoms with Gasteiger partial charge in [0, 0.05) is 23.4 Å². The van der Waals surface area contributed by atoms with Gasteiger partial charge in [-0.3, -0.25) is 9.69 Å². The lowest BCUT2D eigenvalue weighted by molar-refractivity contribution is -0.123. The average molecular weight is 280 g/mol. The Morgan fingerprint density at radius 2 is 1.63 bits per heavy atom. The van der Waals surface area contributed by atoms with E-state index < -0.39 is 0 Å². The van der Waals surface area contributed by atoms with Crippen LogP contribution in [0.25, 0.3) is 0 Å². The van der Waals surface area contributed by atoms with Gasteiger partial charge >= 0.3 is 0 Å². The lowest BCUT2D eigenvalue weighted by Crippen LogP contribution is -2.48. The number of ketones is 1. The number of halogens is 1. The normalized spacial score (nSPS) is 18.8. The van der Waals surface area contributed by atoms with Gasteiger partial charge in [-0.2, -0.15) is 0 Å². The summed E-state index contributed by atoms with van der Waals surface area (Å²) in [6.45, 7) is 6.40. The van der Waals surface area contributed by atoms with Crippen molar-refractivity contribution in [3.8, 4) is 0 Å². The molecule has 0 unspecified atom stereocenters. The molecule has 1 aliphatic rings. The van der Waals surface area contributed by atoms with Gasteiger partial charge in [0.2, 0.25) is 0 Å². The molecular weight excluding hydrogens is 258 g/mol. The second-order valence-electron chi connectivity index (χ2n) is 5.25. The van der Waals surface area contributed by atoms with Crippen molar-refractivity contribution in [1.29, 1.82) is 0 Å². The molecule has 19 heavy (non-hydrogen) atoms. The van der Waals surface area contributed by atoms with Crippen molar-refractivity contribution >= 4 is 17.4 Å². The standard InChI is InChI=1S/C16H22ClNO/c1-3-18(4-2)16(11-9-15(19)10-12-16)13-5-7-14(17)8-6-13/h5-8H,3-4,9-12H2,1-2H3. The smallest absolute Gasteiger partial charge is 0.133 e. The molecule has 1 fully saturated rings. The van der Waals surface area contributed by atoms with Gasteiger partial charge in [-0.1, -0.05) is 37.6 Å². The van der Waals surface area contributed by atoms with Crippen LogP contribution >= 0.6 is 11.6 Å². The van der Waals surface area contributed by atoms with Gasteiger partial charge in [-0.15, -0.1) is 0 Å². The minimum Gasteiger partial charge on any atom is -0.300 e. The summed E-state index contributed by atoms with van der Waals surface area (Å²) in [7, 11) is 0. The van der Waals surface area contributed by atoms with E-state index in [-0.39, 0.29) is 5.54 Å². The molecule has 0 amide bonds. The van der Waals surface area contributed by atoms with Gasteiger partial charge in [0.15, 0.2) is 0 Å². The fourth-order valence-electron chi connectivity index (χ4n) is 3.32. The topological polar surface area (TPSA) is 20.3 Å². The molecule has 104 valence electrons. The summed E-state index contributed by atoms with van der Waals surface area (Å²) >= 11 is 6.00. The predicted molar refractivity (Wildman–Crippen MR) is 79.5 cm³/mol. The highest BCUT2D eigenvalue weighted by Gasteiger charge is 2.40. The number of hydrogen-bond acceptors (Lipinski definition) is 2. The second kappa shape index (κ2) is 6.06. The van der Waals surface area contributed by atoms with E-state index in [1.807, 2.05) is 12.1 Å². The lowest BCUT2D eigenvalue weighted by atomic mass is 9.74. The maximum absolute atomic E-state index is 11.6. The van der Waals surface area contributed by atoms with Crippen molar-refractivity contribution < 1.29 is 4.79 Å². The zero-order chi connectivity index (χ0) is 13.9. The van der Waals surface area contributed by atoms with Gasteiger partial charge in [0.1, 0.15) is 5.78 Å². The Hall–Kier alpha value is -0.860. The maximum Gasteiger partial charge on any atom is 0.133 e. The van der Waals surface area contributed by atoms with E-state index in [1.165, 1.54) is 5.56 Å². The molecule has 0 spiro atoms. The number of benzene rings is 1. The summed E-state index contributed by atoms with van der Waals surface area (Å²) in [6, 6.07) is 8.16. The van der Waals surface area contributed by atoms with E-state index >= 15 is 0 Å². The molecule has 0 aliphatic heterocycles. The fourth-order valence-corrected chi connectivity index (χ4v) is 3.44. The van der Waals surface area contributed by atoms with Crippen molar-refractivity contribution in [3.05, 3.63) is 34.9 Å². The van der Waals surface area contributed by atoms with E-state index in [0.717, 1.165) is 31.0 Å². The Morgan fingerprint density at radius 1 is 1.11 bits per heavy atom. The van der Waals surface area contributed by atoms with Crippen LogP contribution < -0.4 is 0 Å². The number of Topliss-reactive ketones (excluding diaryl/α,β-unsaturated/α-hetero) is 1. The molecule has 0 N–H and O–H groups in total. The highest BCUT2D eigenvalue weighted by atomic mass is 35.5. The van der Waals surface area contributed by atoms with Gasteiger partial charge in [-0.05, 0) is 43.6 Å². The Morgan fingerprint density at radius 3 is 2.11 bits per heavy atom. The van der Waals surface area contributed by atoms with E-state index in [0.29, 0.717) is 18.6 Å². The zero-order valence-corrected chi connectivity index (χ0v) is 12.5. The molecule has 0 heterocycles. The highest BCUT2D eigenvalue weighted by molar-refractivity contribution is 6.30. The molecule has 0 radical (unpaired) electrons. The largest absolute Gasteiger partial charge is 0.300 e. The van der Waals surface area contributed by atoms with Crippen molar-refractivity contribution in [3.63, 3.8) is 0 Å². The average Bonchev–Trinajstić information content (AvgIpc) is 2.43. The van der Waals surface area contributed by atoms with Crippen molar-refractivity contribution in [2.75, 3.05) is 13.1 Å². The van der Waals surface area contributed by atoms with Gasteiger partial charge < -0.3 is 0 Å². The molecule has 1 saturated carbocycles. The van der Waals surface area contributed by atoms with Crippen LogP contribution in [0, 0.1) is 0 Å². The minimum absolute atomic E-state index is 0.0159. The molecule has 1 aromatic carbocycles. The van der Waals surface area contributed by atoms with Gasteiger partial charge in [0.25, 0.3) is 0 Å². The maximum atomic E-state index is 11.6. The van der Waals surface area contributed by atoms with Crippen LogP contribution in [-0.4, -0.2) is 23.8 Å². The monoisotopic (exact) mass is 279 g/mol. The molecule has 0 atom stereocenters. The summed E-state index contributed by atoms with van der Waals surface area (Å²) in [4.78, 5) is 14.1. The van der Waals surface area contributed by atoms with Gasteiger partial charge in [-0.25, -0.2) is 0 Å². The molecular formula is C16H22ClNO. The van der Waals surface area contributed by atoms with Crippen molar-refractivity contribution in [1.82, 2.24) is 4.90 Å². The number of carbonyl (C=O) groups excluding carboxylic acids is 1. The Kier molecular flexibility index (Phi) is 4.64. The summed E-state index contributed by atoms with van der Waals surface area (Å²) in [5.74, 6) is 0.400.